The molecule has 2 aliphatic carbocycles. The van der Waals surface area contributed by atoms with Gasteiger partial charge >= 0.3 is 0 Å². The summed E-state index contributed by atoms with van der Waals surface area (Å²) in [4.78, 5) is 0. The first-order chi connectivity index (χ1) is 23.6. The third-order valence-corrected chi connectivity index (χ3v) is 11.3. The summed E-state index contributed by atoms with van der Waals surface area (Å²) in [6.07, 6.45) is 0. The van der Waals surface area contributed by atoms with Crippen LogP contribution in [-0.2, 0) is 5.41 Å². The van der Waals surface area contributed by atoms with Crippen LogP contribution in [0, 0.1) is 0 Å². The SMILES string of the molecule is CC1(C)c2ccccc2-c2c1ccc1c2c2ccccc2n1-c1ccc2cc(-c3ccc4c5c(cccc35)-c3ccccc3-4)ccc2c1. The molecule has 0 fully saturated rings. The maximum Gasteiger partial charge on any atom is 0.0547 e. The highest BCUT2D eigenvalue weighted by atomic mass is 15.0. The molecule has 0 radical (unpaired) electrons. The van der Waals surface area contributed by atoms with E-state index >= 15 is 0 Å². The van der Waals surface area contributed by atoms with Crippen LogP contribution in [0.5, 0.6) is 0 Å². The smallest absolute Gasteiger partial charge is 0.0547 e. The van der Waals surface area contributed by atoms with Crippen molar-refractivity contribution in [1.29, 1.82) is 0 Å². The molecule has 1 nitrogen and oxygen atoms in total. The molecule has 0 amide bonds. The molecule has 0 N–H and O–H groups in total. The van der Waals surface area contributed by atoms with Gasteiger partial charge in [0, 0.05) is 21.9 Å². The Morgan fingerprint density at radius 3 is 1.96 bits per heavy atom. The Labute approximate surface area is 279 Å². The fraction of sp³-hybridized carbons (Fsp3) is 0.0638. The molecule has 1 heteroatoms. The van der Waals surface area contributed by atoms with Gasteiger partial charge in [-0.25, -0.2) is 0 Å². The van der Waals surface area contributed by atoms with Crippen molar-refractivity contribution in [3.8, 4) is 50.2 Å². The highest BCUT2D eigenvalue weighted by Gasteiger charge is 2.37. The van der Waals surface area contributed by atoms with Crippen molar-refractivity contribution in [2.45, 2.75) is 19.3 Å². The Morgan fingerprint density at radius 1 is 0.417 bits per heavy atom. The highest BCUT2D eigenvalue weighted by Crippen LogP contribution is 2.53. The second-order valence-electron chi connectivity index (χ2n) is 14.1. The summed E-state index contributed by atoms with van der Waals surface area (Å²) < 4.78 is 2.47. The van der Waals surface area contributed by atoms with Gasteiger partial charge in [0.05, 0.1) is 11.0 Å². The molecule has 8 aromatic carbocycles. The average Bonchev–Trinajstić information content (AvgIpc) is 3.73. The van der Waals surface area contributed by atoms with E-state index in [1.54, 1.807) is 0 Å². The minimum atomic E-state index is -0.0289. The lowest BCUT2D eigenvalue weighted by Gasteiger charge is -2.21. The van der Waals surface area contributed by atoms with E-state index in [1.807, 2.05) is 0 Å². The molecule has 11 rings (SSSR count). The van der Waals surface area contributed by atoms with Crippen LogP contribution in [0.2, 0.25) is 0 Å². The third-order valence-electron chi connectivity index (χ3n) is 11.3. The van der Waals surface area contributed by atoms with Crippen LogP contribution in [0.15, 0.2) is 152 Å². The summed E-state index contributed by atoms with van der Waals surface area (Å²) in [6.45, 7) is 4.73. The molecule has 0 bridgehead atoms. The molecular weight excluding hydrogens is 579 g/mol. The van der Waals surface area contributed by atoms with Crippen molar-refractivity contribution in [3.05, 3.63) is 163 Å². The topological polar surface area (TPSA) is 4.93 Å². The number of rotatable bonds is 2. The lowest BCUT2D eigenvalue weighted by atomic mass is 9.82. The molecule has 9 aromatic rings. The molecule has 1 aromatic heterocycles. The monoisotopic (exact) mass is 609 g/mol. The van der Waals surface area contributed by atoms with Crippen LogP contribution in [-0.4, -0.2) is 4.57 Å². The van der Waals surface area contributed by atoms with Gasteiger partial charge in [-0.3, -0.25) is 0 Å². The van der Waals surface area contributed by atoms with E-state index in [2.05, 4.69) is 170 Å². The van der Waals surface area contributed by atoms with E-state index in [4.69, 9.17) is 0 Å². The van der Waals surface area contributed by atoms with Gasteiger partial charge in [-0.15, -0.1) is 0 Å². The molecule has 0 atom stereocenters. The Balaban J connectivity index is 1.09. The zero-order valence-corrected chi connectivity index (χ0v) is 26.9. The number of hydrogen-bond acceptors (Lipinski definition) is 0. The number of para-hydroxylation sites is 1. The van der Waals surface area contributed by atoms with Gasteiger partial charge in [-0.2, -0.15) is 0 Å². The van der Waals surface area contributed by atoms with E-state index in [-0.39, 0.29) is 5.41 Å². The van der Waals surface area contributed by atoms with Gasteiger partial charge in [-0.05, 0) is 108 Å². The van der Waals surface area contributed by atoms with Crippen molar-refractivity contribution in [2.75, 3.05) is 0 Å². The van der Waals surface area contributed by atoms with Crippen molar-refractivity contribution in [1.82, 2.24) is 4.57 Å². The average molecular weight is 610 g/mol. The first kappa shape index (κ1) is 26.2. The molecule has 0 saturated carbocycles. The van der Waals surface area contributed by atoms with Gasteiger partial charge < -0.3 is 4.57 Å². The predicted octanol–water partition coefficient (Wildman–Crippen LogP) is 12.7. The van der Waals surface area contributed by atoms with Crippen LogP contribution in [0.1, 0.15) is 25.0 Å². The normalized spacial score (nSPS) is 13.8. The highest BCUT2D eigenvalue weighted by molar-refractivity contribution is 6.20. The zero-order chi connectivity index (χ0) is 31.7. The summed E-state index contributed by atoms with van der Waals surface area (Å²) in [6, 6.07) is 56.7. The molecule has 1 heterocycles. The Bertz CT molecular complexity index is 2830. The standard InChI is InChI=1S/C47H31N/c1-47(2)40-16-7-5-12-38(40)45-41(47)24-25-43-46(45)39-13-6-8-17-42(39)48(43)31-21-20-28-26-30(19-18-29(28)27-31)32-22-23-37-34-11-4-3-10-33(34)36-15-9-14-35(32)44(36)37/h3-27H,1-2H3. The maximum absolute atomic E-state index is 2.47. The number of fused-ring (bicyclic) bond motifs is 11. The van der Waals surface area contributed by atoms with Crippen molar-refractivity contribution >= 4 is 43.4 Å². The molecule has 0 spiro atoms. The maximum atomic E-state index is 2.47. The van der Waals surface area contributed by atoms with E-state index in [0.29, 0.717) is 0 Å². The Kier molecular flexibility index (Phi) is 4.97. The molecule has 48 heavy (non-hydrogen) atoms. The van der Waals surface area contributed by atoms with Crippen molar-refractivity contribution in [2.24, 2.45) is 0 Å². The van der Waals surface area contributed by atoms with Gasteiger partial charge in [0.1, 0.15) is 0 Å². The number of hydrogen-bond donors (Lipinski definition) is 0. The fourth-order valence-corrected chi connectivity index (χ4v) is 9.13. The van der Waals surface area contributed by atoms with Crippen LogP contribution < -0.4 is 0 Å². The van der Waals surface area contributed by atoms with Crippen LogP contribution in [0.3, 0.4) is 0 Å². The number of aromatic nitrogens is 1. The van der Waals surface area contributed by atoms with Crippen LogP contribution >= 0.6 is 0 Å². The lowest BCUT2D eigenvalue weighted by molar-refractivity contribution is 0.661. The summed E-state index contributed by atoms with van der Waals surface area (Å²) in [5.74, 6) is 0. The first-order valence-electron chi connectivity index (χ1n) is 16.9. The first-order valence-corrected chi connectivity index (χ1v) is 16.9. The molecule has 0 saturated heterocycles. The quantitative estimate of drug-likeness (QED) is 0.184. The third kappa shape index (κ3) is 3.26. The molecule has 0 unspecified atom stereocenters. The number of nitrogens with zero attached hydrogens (tertiary/aromatic N) is 1. The second-order valence-corrected chi connectivity index (χ2v) is 14.1. The van der Waals surface area contributed by atoms with Crippen molar-refractivity contribution < 1.29 is 0 Å². The summed E-state index contributed by atoms with van der Waals surface area (Å²) in [5, 5.41) is 7.84. The number of benzene rings is 8. The summed E-state index contributed by atoms with van der Waals surface area (Å²) in [5.41, 5.74) is 17.1. The minimum Gasteiger partial charge on any atom is -0.309 e. The lowest BCUT2D eigenvalue weighted by Crippen LogP contribution is -2.14. The molecular formula is C47H31N. The Morgan fingerprint density at radius 2 is 1.08 bits per heavy atom. The van der Waals surface area contributed by atoms with Gasteiger partial charge in [0.2, 0.25) is 0 Å². The molecule has 0 aliphatic heterocycles. The Hall–Kier alpha value is -5.92. The van der Waals surface area contributed by atoms with E-state index in [9.17, 15) is 0 Å². The predicted molar refractivity (Wildman–Crippen MR) is 203 cm³/mol. The molecule has 224 valence electrons. The van der Waals surface area contributed by atoms with Gasteiger partial charge in [-0.1, -0.05) is 135 Å². The second kappa shape index (κ2) is 9.12. The van der Waals surface area contributed by atoms with Gasteiger partial charge in [0.15, 0.2) is 0 Å². The minimum absolute atomic E-state index is 0.0289. The fourth-order valence-electron chi connectivity index (χ4n) is 9.13. The summed E-state index contributed by atoms with van der Waals surface area (Å²) in [7, 11) is 0. The van der Waals surface area contributed by atoms with Crippen molar-refractivity contribution in [3.63, 3.8) is 0 Å². The van der Waals surface area contributed by atoms with E-state index < -0.39 is 0 Å². The summed E-state index contributed by atoms with van der Waals surface area (Å²) >= 11 is 0. The van der Waals surface area contributed by atoms with Crippen LogP contribution in [0.25, 0.3) is 93.5 Å². The largest absolute Gasteiger partial charge is 0.309 e. The van der Waals surface area contributed by atoms with Crippen LogP contribution in [0.4, 0.5) is 0 Å². The van der Waals surface area contributed by atoms with Gasteiger partial charge in [0.25, 0.3) is 0 Å². The zero-order valence-electron chi connectivity index (χ0n) is 26.9. The van der Waals surface area contributed by atoms with E-state index in [1.165, 1.54) is 105 Å². The van der Waals surface area contributed by atoms with E-state index in [0.717, 1.165) is 0 Å². The molecule has 2 aliphatic rings.